The van der Waals surface area contributed by atoms with Gasteiger partial charge in [0, 0.05) is 44.5 Å². The summed E-state index contributed by atoms with van der Waals surface area (Å²) in [5.74, 6) is 0.973. The Hall–Kier alpha value is -2.63. The summed E-state index contributed by atoms with van der Waals surface area (Å²) < 4.78 is 13.4. The maximum atomic E-state index is 12.7. The zero-order chi connectivity index (χ0) is 23.5. The first kappa shape index (κ1) is 23.1. The number of carbonyl (C=O) groups is 2. The van der Waals surface area contributed by atoms with Gasteiger partial charge >= 0.3 is 0 Å². The molecule has 0 aliphatic carbocycles. The number of fused-ring (bicyclic) bond motifs is 1. The molecule has 5 rings (SSSR count). The van der Waals surface area contributed by atoms with Gasteiger partial charge in [-0.2, -0.15) is 0 Å². The van der Waals surface area contributed by atoms with Gasteiger partial charge in [0.2, 0.25) is 17.8 Å². The molecule has 0 radical (unpaired) electrons. The lowest BCUT2D eigenvalue weighted by Crippen LogP contribution is -2.38. The third-order valence-electron chi connectivity index (χ3n) is 6.37. The fourth-order valence-electron chi connectivity index (χ4n) is 4.67. The number of amides is 2. The van der Waals surface area contributed by atoms with Crippen molar-refractivity contribution >= 4 is 40.9 Å². The number of nitrogens with one attached hydrogen (secondary N) is 1. The first-order valence-corrected chi connectivity index (χ1v) is 12.8. The van der Waals surface area contributed by atoms with E-state index in [2.05, 4.69) is 25.0 Å². The van der Waals surface area contributed by atoms with E-state index >= 15 is 0 Å². The molecule has 2 aromatic rings. The number of aromatic nitrogens is 3. The summed E-state index contributed by atoms with van der Waals surface area (Å²) in [4.78, 5) is 28.4. The maximum Gasteiger partial charge on any atom is 0.234 e. The van der Waals surface area contributed by atoms with Gasteiger partial charge in [-0.15, -0.1) is 10.2 Å². The van der Waals surface area contributed by atoms with Crippen LogP contribution in [-0.2, 0) is 32.0 Å². The average Bonchev–Trinajstić information content (AvgIpc) is 3.58. The van der Waals surface area contributed by atoms with E-state index in [0.29, 0.717) is 26.3 Å². The molecule has 3 aliphatic rings. The Balaban J connectivity index is 1.24. The van der Waals surface area contributed by atoms with Crippen LogP contribution in [0.2, 0.25) is 0 Å². The SMILES string of the molecule is CC(=O)N1CCc2cc(NC(=O)CSc3nnc(N4CCOCC4)n3CC3CCCO3)ccc21. The zero-order valence-corrected chi connectivity index (χ0v) is 20.2. The molecule has 34 heavy (non-hydrogen) atoms. The van der Waals surface area contributed by atoms with Crippen molar-refractivity contribution in [3.8, 4) is 0 Å². The second-order valence-corrected chi connectivity index (χ2v) is 9.67. The van der Waals surface area contributed by atoms with Crippen LogP contribution >= 0.6 is 11.8 Å². The Bertz CT molecular complexity index is 1050. The Morgan fingerprint density at radius 2 is 2.03 bits per heavy atom. The molecule has 1 atom stereocenters. The van der Waals surface area contributed by atoms with Crippen LogP contribution in [0.25, 0.3) is 0 Å². The summed E-state index contributed by atoms with van der Waals surface area (Å²) in [5.41, 5.74) is 2.74. The lowest BCUT2D eigenvalue weighted by molar-refractivity contribution is -0.116. The molecule has 182 valence electrons. The molecular weight excluding hydrogens is 456 g/mol. The Morgan fingerprint density at radius 3 is 2.79 bits per heavy atom. The summed E-state index contributed by atoms with van der Waals surface area (Å²) in [6.07, 6.45) is 3.02. The first-order valence-electron chi connectivity index (χ1n) is 11.8. The summed E-state index contributed by atoms with van der Waals surface area (Å²) >= 11 is 1.38. The second-order valence-electron chi connectivity index (χ2n) is 8.73. The van der Waals surface area contributed by atoms with Crippen molar-refractivity contribution in [2.24, 2.45) is 0 Å². The molecule has 4 heterocycles. The number of thioether (sulfide) groups is 1. The van der Waals surface area contributed by atoms with Gasteiger partial charge in [-0.3, -0.25) is 14.2 Å². The van der Waals surface area contributed by atoms with Crippen molar-refractivity contribution in [3.05, 3.63) is 23.8 Å². The highest BCUT2D eigenvalue weighted by molar-refractivity contribution is 7.99. The van der Waals surface area contributed by atoms with Crippen LogP contribution < -0.4 is 15.1 Å². The largest absolute Gasteiger partial charge is 0.378 e. The van der Waals surface area contributed by atoms with Crippen LogP contribution in [0.5, 0.6) is 0 Å². The predicted octanol–water partition coefficient (Wildman–Crippen LogP) is 1.93. The summed E-state index contributed by atoms with van der Waals surface area (Å²) in [5, 5.41) is 12.5. The van der Waals surface area contributed by atoms with Gasteiger partial charge in [0.1, 0.15) is 0 Å². The van der Waals surface area contributed by atoms with Crippen molar-refractivity contribution in [2.75, 3.05) is 60.3 Å². The van der Waals surface area contributed by atoms with E-state index in [0.717, 1.165) is 67.0 Å². The van der Waals surface area contributed by atoms with Crippen LogP contribution in [0.15, 0.2) is 23.4 Å². The second kappa shape index (κ2) is 10.3. The molecule has 2 saturated heterocycles. The Labute approximate surface area is 203 Å². The van der Waals surface area contributed by atoms with Crippen LogP contribution in [0.1, 0.15) is 25.3 Å². The van der Waals surface area contributed by atoms with E-state index < -0.39 is 0 Å². The van der Waals surface area contributed by atoms with E-state index in [1.807, 2.05) is 18.2 Å². The van der Waals surface area contributed by atoms with E-state index in [1.54, 1.807) is 11.8 Å². The highest BCUT2D eigenvalue weighted by Gasteiger charge is 2.26. The number of morpholine rings is 1. The summed E-state index contributed by atoms with van der Waals surface area (Å²) in [6.45, 7) is 6.61. The van der Waals surface area contributed by atoms with Gasteiger partial charge in [-0.1, -0.05) is 11.8 Å². The number of nitrogens with zero attached hydrogens (tertiary/aromatic N) is 5. The predicted molar refractivity (Wildman–Crippen MR) is 130 cm³/mol. The lowest BCUT2D eigenvalue weighted by Gasteiger charge is -2.28. The van der Waals surface area contributed by atoms with E-state index in [-0.39, 0.29) is 23.7 Å². The van der Waals surface area contributed by atoms with Gasteiger partial charge in [0.15, 0.2) is 5.16 Å². The highest BCUT2D eigenvalue weighted by atomic mass is 32.2. The smallest absolute Gasteiger partial charge is 0.234 e. The van der Waals surface area contributed by atoms with Crippen molar-refractivity contribution in [2.45, 2.75) is 44.0 Å². The molecule has 3 aliphatic heterocycles. The molecular formula is C23H30N6O4S. The van der Waals surface area contributed by atoms with Crippen LogP contribution in [-0.4, -0.2) is 77.9 Å². The normalized spacial score (nSPS) is 20.0. The van der Waals surface area contributed by atoms with E-state index in [4.69, 9.17) is 9.47 Å². The van der Waals surface area contributed by atoms with Gasteiger partial charge in [-0.25, -0.2) is 0 Å². The minimum atomic E-state index is -0.106. The summed E-state index contributed by atoms with van der Waals surface area (Å²) in [7, 11) is 0. The Kier molecular flexibility index (Phi) is 7.02. The van der Waals surface area contributed by atoms with Crippen molar-refractivity contribution < 1.29 is 19.1 Å². The lowest BCUT2D eigenvalue weighted by atomic mass is 10.1. The molecule has 2 fully saturated rings. The molecule has 10 nitrogen and oxygen atoms in total. The monoisotopic (exact) mass is 486 g/mol. The minimum absolute atomic E-state index is 0.0375. The standard InChI is InChI=1S/C23H30N6O4S/c1-16(30)28-7-6-17-13-18(4-5-20(17)28)24-21(31)15-34-23-26-25-22(27-8-11-32-12-9-27)29(23)14-19-3-2-10-33-19/h4-5,13,19H,2-3,6-12,14-15H2,1H3,(H,24,31). The van der Waals surface area contributed by atoms with Gasteiger partial charge in [0.25, 0.3) is 0 Å². The first-order chi connectivity index (χ1) is 16.6. The average molecular weight is 487 g/mol. The number of benzene rings is 1. The van der Waals surface area contributed by atoms with E-state index in [9.17, 15) is 9.59 Å². The van der Waals surface area contributed by atoms with Gasteiger partial charge in [-0.05, 0) is 43.0 Å². The van der Waals surface area contributed by atoms with Crippen LogP contribution in [0.3, 0.4) is 0 Å². The minimum Gasteiger partial charge on any atom is -0.378 e. The molecule has 1 unspecified atom stereocenters. The third-order valence-corrected chi connectivity index (χ3v) is 7.34. The summed E-state index contributed by atoms with van der Waals surface area (Å²) in [6, 6.07) is 5.70. The highest BCUT2D eigenvalue weighted by Crippen LogP contribution is 2.31. The molecule has 0 saturated carbocycles. The number of hydrogen-bond acceptors (Lipinski definition) is 8. The molecule has 2 amide bonds. The molecule has 1 N–H and O–H groups in total. The van der Waals surface area contributed by atoms with Crippen LogP contribution in [0, 0.1) is 0 Å². The van der Waals surface area contributed by atoms with Crippen molar-refractivity contribution in [3.63, 3.8) is 0 Å². The maximum absolute atomic E-state index is 12.7. The number of rotatable bonds is 7. The molecule has 11 heteroatoms. The topological polar surface area (TPSA) is 102 Å². The number of anilines is 3. The Morgan fingerprint density at radius 1 is 1.18 bits per heavy atom. The third kappa shape index (κ3) is 5.06. The quantitative estimate of drug-likeness (QED) is 0.593. The molecule has 0 bridgehead atoms. The van der Waals surface area contributed by atoms with Crippen molar-refractivity contribution in [1.29, 1.82) is 0 Å². The number of carbonyl (C=O) groups excluding carboxylic acids is 2. The van der Waals surface area contributed by atoms with Gasteiger partial charge < -0.3 is 24.6 Å². The fraction of sp³-hybridized carbons (Fsp3) is 0.565. The fourth-order valence-corrected chi connectivity index (χ4v) is 5.41. The van der Waals surface area contributed by atoms with Gasteiger partial charge in [0.05, 0.1) is 31.6 Å². The number of hydrogen-bond donors (Lipinski definition) is 1. The zero-order valence-electron chi connectivity index (χ0n) is 19.4. The van der Waals surface area contributed by atoms with Crippen LogP contribution in [0.4, 0.5) is 17.3 Å². The van der Waals surface area contributed by atoms with E-state index in [1.165, 1.54) is 11.8 Å². The molecule has 0 spiro atoms. The molecule has 1 aromatic carbocycles. The molecule has 1 aromatic heterocycles. The van der Waals surface area contributed by atoms with Crippen molar-refractivity contribution in [1.82, 2.24) is 14.8 Å². The number of ether oxygens (including phenoxy) is 2.